The molecule has 0 unspecified atom stereocenters. The number of rotatable bonds is 40. The second kappa shape index (κ2) is 43.2. The molecule has 0 N–H and O–H groups in total. The first-order chi connectivity index (χ1) is 27.0. The minimum atomic E-state index is -0.0820. The fraction of sp³-hybridized carbons (Fsp3) is 0.875. The Balaban J connectivity index is 0.0000302. The van der Waals surface area contributed by atoms with Crippen LogP contribution in [0.25, 0.3) is 0 Å². The van der Waals surface area contributed by atoms with Crippen LogP contribution in [0, 0.1) is 0 Å². The summed E-state index contributed by atoms with van der Waals surface area (Å²) in [6, 6.07) is 0. The Hall–Kier alpha value is -1.41. The lowest BCUT2D eigenvalue weighted by atomic mass is 10.1. The molecule has 7 nitrogen and oxygen atoms in total. The van der Waals surface area contributed by atoms with E-state index in [1.165, 1.54) is 141 Å². The lowest BCUT2D eigenvalue weighted by Crippen LogP contribution is -2.45. The third-order valence-corrected chi connectivity index (χ3v) is 11.2. The highest BCUT2D eigenvalue weighted by atomic mass is 35.5. The Morgan fingerprint density at radius 2 is 0.839 bits per heavy atom. The molecular weight excluding hydrogens is 718 g/mol. The molecule has 1 fully saturated rings. The van der Waals surface area contributed by atoms with Gasteiger partial charge in [0.05, 0.1) is 0 Å². The van der Waals surface area contributed by atoms with Crippen molar-refractivity contribution in [1.82, 2.24) is 14.7 Å². The normalized spacial score (nSPS) is 13.9. The van der Waals surface area contributed by atoms with Crippen LogP contribution in [0.1, 0.15) is 200 Å². The van der Waals surface area contributed by atoms with Crippen molar-refractivity contribution in [2.24, 2.45) is 0 Å². The zero-order valence-electron chi connectivity index (χ0n) is 37.3. The molecule has 1 rings (SSSR count). The van der Waals surface area contributed by atoms with Gasteiger partial charge in [-0.2, -0.15) is 0 Å². The van der Waals surface area contributed by atoms with Crippen LogP contribution in [-0.4, -0.2) is 99.3 Å². The van der Waals surface area contributed by atoms with Gasteiger partial charge in [-0.15, -0.1) is 12.4 Å². The zero-order valence-corrected chi connectivity index (χ0v) is 38.1. The third-order valence-electron chi connectivity index (χ3n) is 11.2. The summed E-state index contributed by atoms with van der Waals surface area (Å²) in [6.07, 6.45) is 44.1. The Morgan fingerprint density at radius 3 is 1.23 bits per heavy atom. The minimum Gasteiger partial charge on any atom is -0.464 e. The summed E-state index contributed by atoms with van der Waals surface area (Å²) >= 11 is 0. The van der Waals surface area contributed by atoms with Gasteiger partial charge in [0, 0.05) is 52.1 Å². The van der Waals surface area contributed by atoms with E-state index in [0.29, 0.717) is 39.1 Å². The van der Waals surface area contributed by atoms with Gasteiger partial charge in [0.15, 0.2) is 0 Å². The zero-order chi connectivity index (χ0) is 39.7. The van der Waals surface area contributed by atoms with E-state index in [0.717, 1.165) is 71.4 Å². The number of ether oxygens (including phenoxy) is 2. The van der Waals surface area contributed by atoms with Crippen molar-refractivity contribution >= 4 is 24.3 Å². The largest absolute Gasteiger partial charge is 0.464 e. The van der Waals surface area contributed by atoms with Crippen LogP contribution in [-0.2, 0) is 19.1 Å². The number of allylic oxidation sites excluding steroid dienone is 4. The molecule has 0 aromatic carbocycles. The van der Waals surface area contributed by atoms with E-state index in [1.54, 1.807) is 0 Å². The molecule has 0 radical (unpaired) electrons. The maximum absolute atomic E-state index is 12.5. The van der Waals surface area contributed by atoms with Gasteiger partial charge in [-0.25, -0.2) is 0 Å². The second-order valence-corrected chi connectivity index (χ2v) is 16.4. The number of carbonyl (C=O) groups is 2. The Morgan fingerprint density at radius 1 is 0.482 bits per heavy atom. The van der Waals surface area contributed by atoms with Gasteiger partial charge < -0.3 is 19.3 Å². The summed E-state index contributed by atoms with van der Waals surface area (Å²) in [6.45, 7) is 13.2. The molecule has 0 aromatic rings. The van der Waals surface area contributed by atoms with Crippen molar-refractivity contribution < 1.29 is 19.1 Å². The summed E-state index contributed by atoms with van der Waals surface area (Å²) in [5.74, 6) is -0.164. The molecule has 0 aromatic heterocycles. The van der Waals surface area contributed by atoms with Gasteiger partial charge in [-0.1, -0.05) is 141 Å². The summed E-state index contributed by atoms with van der Waals surface area (Å²) < 4.78 is 11.3. The first kappa shape index (κ1) is 54.6. The monoisotopic (exact) mass is 810 g/mol. The molecule has 0 spiro atoms. The molecule has 330 valence electrons. The molecule has 8 heteroatoms. The molecule has 1 aliphatic rings. The Labute approximate surface area is 353 Å². The average molecular weight is 811 g/mol. The lowest BCUT2D eigenvalue weighted by molar-refractivity contribution is -0.144. The van der Waals surface area contributed by atoms with Crippen LogP contribution in [0.3, 0.4) is 0 Å². The Kier molecular flexibility index (Phi) is 42.1. The number of hydrogen-bond acceptors (Lipinski definition) is 7. The lowest BCUT2D eigenvalue weighted by Gasteiger charge is -2.33. The molecule has 1 saturated heterocycles. The highest BCUT2D eigenvalue weighted by Gasteiger charge is 2.15. The second-order valence-electron chi connectivity index (χ2n) is 16.4. The molecular formula is C48H92ClN3O4. The predicted molar refractivity (Wildman–Crippen MR) is 243 cm³/mol. The maximum Gasteiger partial charge on any atom is 0.305 e. The van der Waals surface area contributed by atoms with Gasteiger partial charge in [-0.05, 0) is 90.8 Å². The smallest absolute Gasteiger partial charge is 0.305 e. The standard InChI is InChI=1S/C48H91N3O4.ClH/c1-4-6-8-10-12-14-16-18-20-22-24-26-28-30-32-35-47(52)54-45-43-51(38-34-37-50-41-39-49(3)40-42-50)44-46-55-48(53)36-33-31-29-27-25-23-21-19-17-15-13-11-9-7-5-2;/h18-21H,4-17,22-46H2,1-3H3;1H/b20-18-,21-19-;. The summed E-state index contributed by atoms with van der Waals surface area (Å²) in [4.78, 5) is 32.2. The number of hydrogen-bond donors (Lipinski definition) is 0. The third kappa shape index (κ3) is 38.1. The molecule has 1 heterocycles. The number of halogens is 1. The number of likely N-dealkylation sites (N-methyl/N-ethyl adjacent to an activating group) is 1. The molecule has 0 bridgehead atoms. The van der Waals surface area contributed by atoms with E-state index in [-0.39, 0.29) is 24.3 Å². The fourth-order valence-corrected chi connectivity index (χ4v) is 7.33. The maximum atomic E-state index is 12.5. The SMILES string of the molecule is CCCCCCCC/C=C\CCCCCCCC(=O)OCCN(CCCN1CCN(C)CC1)CCOC(=O)CCCCCCC/C=C\CCCCCCCC.Cl. The first-order valence-corrected chi connectivity index (χ1v) is 23.8. The van der Waals surface area contributed by atoms with E-state index in [9.17, 15) is 9.59 Å². The van der Waals surface area contributed by atoms with Gasteiger partial charge in [-0.3, -0.25) is 14.5 Å². The quantitative estimate of drug-likeness (QED) is 0.0347. The Bertz CT molecular complexity index is 851. The van der Waals surface area contributed by atoms with Crippen molar-refractivity contribution in [3.8, 4) is 0 Å². The first-order valence-electron chi connectivity index (χ1n) is 23.8. The average Bonchev–Trinajstić information content (AvgIpc) is 3.18. The van der Waals surface area contributed by atoms with Gasteiger partial charge in [0.2, 0.25) is 0 Å². The van der Waals surface area contributed by atoms with Crippen LogP contribution < -0.4 is 0 Å². The van der Waals surface area contributed by atoms with E-state index in [2.05, 4.69) is 59.9 Å². The van der Waals surface area contributed by atoms with Crippen molar-refractivity contribution in [2.75, 3.05) is 72.6 Å². The fourth-order valence-electron chi connectivity index (χ4n) is 7.33. The molecule has 1 aliphatic heterocycles. The van der Waals surface area contributed by atoms with E-state index in [4.69, 9.17) is 9.47 Å². The van der Waals surface area contributed by atoms with Gasteiger partial charge in [0.1, 0.15) is 13.2 Å². The summed E-state index contributed by atoms with van der Waals surface area (Å²) in [5.41, 5.74) is 0. The van der Waals surface area contributed by atoms with Crippen molar-refractivity contribution in [2.45, 2.75) is 200 Å². The van der Waals surface area contributed by atoms with Crippen molar-refractivity contribution in [3.63, 3.8) is 0 Å². The van der Waals surface area contributed by atoms with Crippen molar-refractivity contribution in [3.05, 3.63) is 24.3 Å². The van der Waals surface area contributed by atoms with Crippen LogP contribution in [0.5, 0.6) is 0 Å². The van der Waals surface area contributed by atoms with Crippen LogP contribution in [0.2, 0.25) is 0 Å². The van der Waals surface area contributed by atoms with Crippen LogP contribution in [0.15, 0.2) is 24.3 Å². The van der Waals surface area contributed by atoms with Gasteiger partial charge in [0.25, 0.3) is 0 Å². The minimum absolute atomic E-state index is 0. The van der Waals surface area contributed by atoms with E-state index >= 15 is 0 Å². The highest BCUT2D eigenvalue weighted by Crippen LogP contribution is 2.12. The summed E-state index contributed by atoms with van der Waals surface area (Å²) in [5, 5.41) is 0. The van der Waals surface area contributed by atoms with Crippen LogP contribution in [0.4, 0.5) is 0 Å². The number of piperazine rings is 1. The van der Waals surface area contributed by atoms with Gasteiger partial charge >= 0.3 is 11.9 Å². The molecule has 0 saturated carbocycles. The summed E-state index contributed by atoms with van der Waals surface area (Å²) in [7, 11) is 2.19. The number of unbranched alkanes of at least 4 members (excludes halogenated alkanes) is 22. The number of nitrogens with zero attached hydrogens (tertiary/aromatic N) is 3. The van der Waals surface area contributed by atoms with E-state index in [1.807, 2.05) is 0 Å². The predicted octanol–water partition coefficient (Wildman–Crippen LogP) is 12.5. The number of carbonyl (C=O) groups excluding carboxylic acids is 2. The molecule has 0 aliphatic carbocycles. The van der Waals surface area contributed by atoms with Crippen LogP contribution >= 0.6 is 12.4 Å². The van der Waals surface area contributed by atoms with E-state index < -0.39 is 0 Å². The highest BCUT2D eigenvalue weighted by molar-refractivity contribution is 5.85. The molecule has 56 heavy (non-hydrogen) atoms. The van der Waals surface area contributed by atoms with Crippen molar-refractivity contribution in [1.29, 1.82) is 0 Å². The molecule has 0 atom stereocenters. The number of esters is 2. The molecule has 0 amide bonds. The topological polar surface area (TPSA) is 62.3 Å².